The zero-order chi connectivity index (χ0) is 15.6. The largest absolute Gasteiger partial charge is 0.488 e. The molecule has 5 heteroatoms. The predicted octanol–water partition coefficient (Wildman–Crippen LogP) is 2.30. The first kappa shape index (κ1) is 14.8. The quantitative estimate of drug-likeness (QED) is 0.899. The van der Waals surface area contributed by atoms with Crippen molar-refractivity contribution in [3.05, 3.63) is 17.7 Å². The van der Waals surface area contributed by atoms with Gasteiger partial charge < -0.3 is 20.3 Å². The van der Waals surface area contributed by atoms with Crippen LogP contribution in [0.25, 0.3) is 0 Å². The van der Waals surface area contributed by atoms with E-state index < -0.39 is 0 Å². The van der Waals surface area contributed by atoms with Gasteiger partial charge in [-0.1, -0.05) is 0 Å². The van der Waals surface area contributed by atoms with E-state index in [2.05, 4.69) is 27.7 Å². The lowest BCUT2D eigenvalue weighted by Crippen LogP contribution is -2.34. The fourth-order valence-electron chi connectivity index (χ4n) is 3.90. The highest BCUT2D eigenvalue weighted by atomic mass is 16.5. The Morgan fingerprint density at radius 2 is 1.87 bits per heavy atom. The summed E-state index contributed by atoms with van der Waals surface area (Å²) in [6, 6.07) is 4.21. The SMILES string of the molecule is O=C1Cc2c(N3CCCCC3)ccc(OC3CCNCC3)c2N1. The average Bonchev–Trinajstić information content (AvgIpc) is 2.99. The van der Waals surface area contributed by atoms with Crippen molar-refractivity contribution in [1.29, 1.82) is 0 Å². The molecule has 5 nitrogen and oxygen atoms in total. The third-order valence-electron chi connectivity index (χ3n) is 5.13. The summed E-state index contributed by atoms with van der Waals surface area (Å²) in [6.45, 7) is 4.19. The molecule has 0 spiro atoms. The summed E-state index contributed by atoms with van der Waals surface area (Å²) in [4.78, 5) is 14.4. The Balaban J connectivity index is 1.61. The van der Waals surface area contributed by atoms with Gasteiger partial charge in [0.15, 0.2) is 0 Å². The number of rotatable bonds is 3. The van der Waals surface area contributed by atoms with Gasteiger partial charge in [-0.05, 0) is 57.3 Å². The molecule has 4 rings (SSSR count). The monoisotopic (exact) mass is 315 g/mol. The Bertz CT molecular complexity index is 590. The van der Waals surface area contributed by atoms with E-state index in [1.54, 1.807) is 0 Å². The van der Waals surface area contributed by atoms with E-state index in [1.807, 2.05) is 0 Å². The molecular formula is C18H25N3O2. The second kappa shape index (κ2) is 6.40. The molecule has 23 heavy (non-hydrogen) atoms. The summed E-state index contributed by atoms with van der Waals surface area (Å²) < 4.78 is 6.22. The molecule has 1 amide bonds. The van der Waals surface area contributed by atoms with Crippen LogP contribution in [0.4, 0.5) is 11.4 Å². The molecule has 0 radical (unpaired) electrons. The summed E-state index contributed by atoms with van der Waals surface area (Å²) in [5, 5.41) is 6.38. The van der Waals surface area contributed by atoms with Crippen molar-refractivity contribution in [2.75, 3.05) is 36.4 Å². The Kier molecular flexibility index (Phi) is 4.12. The maximum Gasteiger partial charge on any atom is 0.229 e. The fourth-order valence-corrected chi connectivity index (χ4v) is 3.90. The summed E-state index contributed by atoms with van der Waals surface area (Å²) in [7, 11) is 0. The number of anilines is 2. The number of amides is 1. The van der Waals surface area contributed by atoms with Crippen LogP contribution in [-0.2, 0) is 11.2 Å². The molecule has 124 valence electrons. The number of piperidine rings is 2. The van der Waals surface area contributed by atoms with Crippen molar-refractivity contribution < 1.29 is 9.53 Å². The molecule has 0 atom stereocenters. The van der Waals surface area contributed by atoms with Crippen LogP contribution in [0.3, 0.4) is 0 Å². The third kappa shape index (κ3) is 3.02. The van der Waals surface area contributed by atoms with Crippen LogP contribution in [0.15, 0.2) is 12.1 Å². The number of carbonyl (C=O) groups is 1. The number of benzene rings is 1. The summed E-state index contributed by atoms with van der Waals surface area (Å²) >= 11 is 0. The first-order valence-corrected chi connectivity index (χ1v) is 8.89. The predicted molar refractivity (Wildman–Crippen MR) is 91.4 cm³/mol. The highest BCUT2D eigenvalue weighted by Crippen LogP contribution is 2.41. The number of fused-ring (bicyclic) bond motifs is 1. The standard InChI is InChI=1S/C18H25N3O2/c22-17-12-14-15(21-10-2-1-3-11-21)4-5-16(18(14)20-17)23-13-6-8-19-9-7-13/h4-5,13,19H,1-3,6-12H2,(H,20,22). The summed E-state index contributed by atoms with van der Waals surface area (Å²) in [5.74, 6) is 0.929. The van der Waals surface area contributed by atoms with Gasteiger partial charge in [0.2, 0.25) is 5.91 Å². The molecule has 3 aliphatic rings. The van der Waals surface area contributed by atoms with Crippen molar-refractivity contribution in [2.24, 2.45) is 0 Å². The lowest BCUT2D eigenvalue weighted by atomic mass is 10.0. The number of hydrogen-bond acceptors (Lipinski definition) is 4. The zero-order valence-corrected chi connectivity index (χ0v) is 13.6. The molecule has 3 aliphatic heterocycles. The van der Waals surface area contributed by atoms with Gasteiger partial charge in [0.25, 0.3) is 0 Å². The normalized spacial score (nSPS) is 21.9. The summed E-state index contributed by atoms with van der Waals surface area (Å²) in [5.41, 5.74) is 3.26. The van der Waals surface area contributed by atoms with Gasteiger partial charge in [-0.25, -0.2) is 0 Å². The van der Waals surface area contributed by atoms with Gasteiger partial charge in [-0.3, -0.25) is 4.79 Å². The van der Waals surface area contributed by atoms with E-state index in [9.17, 15) is 4.79 Å². The average molecular weight is 315 g/mol. The van der Waals surface area contributed by atoms with Crippen LogP contribution in [0, 0.1) is 0 Å². The smallest absolute Gasteiger partial charge is 0.229 e. The van der Waals surface area contributed by atoms with Gasteiger partial charge in [-0.2, -0.15) is 0 Å². The molecule has 0 aromatic heterocycles. The van der Waals surface area contributed by atoms with E-state index >= 15 is 0 Å². The van der Waals surface area contributed by atoms with E-state index in [0.29, 0.717) is 6.42 Å². The van der Waals surface area contributed by atoms with Crippen molar-refractivity contribution in [1.82, 2.24) is 5.32 Å². The topological polar surface area (TPSA) is 53.6 Å². The summed E-state index contributed by atoms with van der Waals surface area (Å²) in [6.07, 6.45) is 6.57. The van der Waals surface area contributed by atoms with E-state index in [-0.39, 0.29) is 12.0 Å². The minimum atomic E-state index is 0.0830. The second-order valence-electron chi connectivity index (χ2n) is 6.78. The first-order chi connectivity index (χ1) is 11.3. The van der Waals surface area contributed by atoms with Crippen molar-refractivity contribution in [3.8, 4) is 5.75 Å². The van der Waals surface area contributed by atoms with Crippen LogP contribution in [-0.4, -0.2) is 38.2 Å². The first-order valence-electron chi connectivity index (χ1n) is 8.89. The van der Waals surface area contributed by atoms with Crippen LogP contribution in [0.1, 0.15) is 37.7 Å². The van der Waals surface area contributed by atoms with Crippen LogP contribution < -0.4 is 20.3 Å². The van der Waals surface area contributed by atoms with Gasteiger partial charge in [0, 0.05) is 24.3 Å². The number of carbonyl (C=O) groups excluding carboxylic acids is 1. The number of hydrogen-bond donors (Lipinski definition) is 2. The molecule has 3 heterocycles. The molecule has 0 aliphatic carbocycles. The highest BCUT2D eigenvalue weighted by Gasteiger charge is 2.28. The van der Waals surface area contributed by atoms with Gasteiger partial charge in [0.1, 0.15) is 11.9 Å². The molecule has 0 bridgehead atoms. The fraction of sp³-hybridized carbons (Fsp3) is 0.611. The number of ether oxygens (including phenoxy) is 1. The Morgan fingerprint density at radius 1 is 1.09 bits per heavy atom. The minimum absolute atomic E-state index is 0.0830. The maximum atomic E-state index is 12.0. The van der Waals surface area contributed by atoms with E-state index in [1.165, 1.54) is 24.9 Å². The van der Waals surface area contributed by atoms with Gasteiger partial charge in [0.05, 0.1) is 12.1 Å². The second-order valence-corrected chi connectivity index (χ2v) is 6.78. The lowest BCUT2D eigenvalue weighted by molar-refractivity contribution is -0.115. The van der Waals surface area contributed by atoms with Crippen LogP contribution in [0.5, 0.6) is 5.75 Å². The zero-order valence-electron chi connectivity index (χ0n) is 13.6. The lowest BCUT2D eigenvalue weighted by Gasteiger charge is -2.31. The molecule has 1 aromatic carbocycles. The highest BCUT2D eigenvalue weighted by molar-refractivity contribution is 6.03. The van der Waals surface area contributed by atoms with Gasteiger partial charge >= 0.3 is 0 Å². The Morgan fingerprint density at radius 3 is 2.65 bits per heavy atom. The molecule has 1 aromatic rings. The van der Waals surface area contributed by atoms with Crippen molar-refractivity contribution >= 4 is 17.3 Å². The van der Waals surface area contributed by atoms with Gasteiger partial charge in [-0.15, -0.1) is 0 Å². The Hall–Kier alpha value is -1.75. The minimum Gasteiger partial charge on any atom is -0.488 e. The number of nitrogens with one attached hydrogen (secondary N) is 2. The molecule has 0 unspecified atom stereocenters. The molecule has 2 N–H and O–H groups in total. The molecular weight excluding hydrogens is 290 g/mol. The van der Waals surface area contributed by atoms with E-state index in [0.717, 1.165) is 56.0 Å². The van der Waals surface area contributed by atoms with Crippen LogP contribution >= 0.6 is 0 Å². The van der Waals surface area contributed by atoms with Crippen molar-refractivity contribution in [2.45, 2.75) is 44.6 Å². The third-order valence-corrected chi connectivity index (χ3v) is 5.13. The molecule has 2 saturated heterocycles. The Labute approximate surface area is 137 Å². The maximum absolute atomic E-state index is 12.0. The van der Waals surface area contributed by atoms with E-state index in [4.69, 9.17) is 4.74 Å². The molecule has 2 fully saturated rings. The van der Waals surface area contributed by atoms with Crippen molar-refractivity contribution in [3.63, 3.8) is 0 Å². The number of nitrogens with zero attached hydrogens (tertiary/aromatic N) is 1. The van der Waals surface area contributed by atoms with Crippen LogP contribution in [0.2, 0.25) is 0 Å². The molecule has 0 saturated carbocycles.